The van der Waals surface area contributed by atoms with Crippen LogP contribution in [0.4, 0.5) is 0 Å². The standard InChI is InChI=1S/C19H9Cl2N3.C16H10.C3Cl3N3/c20-18-22-17(23-19(21)24-18)15-9-8-14-11-5-2-1-4-10(11)12-6-3-7-13(15)16(12)14;1-2-8-13-12(7-1)14-9-3-5-11-6-4-10-15(13)16(11)14;4-1-7-2(5)9-3(6)8-1/h1-9H;1-10H;. The molecule has 2 aromatic heterocycles. The van der Waals surface area contributed by atoms with Crippen LogP contribution in [-0.2, 0) is 0 Å². The van der Waals surface area contributed by atoms with Gasteiger partial charge in [0.25, 0.3) is 0 Å². The Balaban J connectivity index is 0.000000120. The fraction of sp³-hybridized carbons (Fsp3) is 0. The molecule has 0 saturated carbocycles. The third-order valence-corrected chi connectivity index (χ3v) is 9.18. The van der Waals surface area contributed by atoms with E-state index < -0.39 is 0 Å². The van der Waals surface area contributed by atoms with Crippen LogP contribution in [-0.4, -0.2) is 29.9 Å². The summed E-state index contributed by atoms with van der Waals surface area (Å²) >= 11 is 27.9. The van der Waals surface area contributed by atoms with E-state index in [1.165, 1.54) is 60.7 Å². The van der Waals surface area contributed by atoms with Crippen molar-refractivity contribution in [3.05, 3.63) is 142 Å². The highest BCUT2D eigenvalue weighted by molar-refractivity contribution is 6.33. The summed E-state index contributed by atoms with van der Waals surface area (Å²) in [5.41, 5.74) is 11.4. The summed E-state index contributed by atoms with van der Waals surface area (Å²) in [5.74, 6) is 0.486. The normalized spacial score (nSPS) is 11.4. The van der Waals surface area contributed by atoms with E-state index in [1.54, 1.807) is 0 Å². The number of hydrogen-bond acceptors (Lipinski definition) is 6. The lowest BCUT2D eigenvalue weighted by atomic mass is 9.98. The van der Waals surface area contributed by atoms with Gasteiger partial charge < -0.3 is 0 Å². The molecule has 0 unspecified atom stereocenters. The van der Waals surface area contributed by atoms with Gasteiger partial charge in [-0.05, 0) is 130 Å². The minimum absolute atomic E-state index is 0.000000000000000444. The van der Waals surface area contributed by atoms with Crippen LogP contribution < -0.4 is 0 Å². The maximum atomic E-state index is 5.95. The van der Waals surface area contributed by atoms with Crippen molar-refractivity contribution >= 4 is 79.5 Å². The van der Waals surface area contributed by atoms with Crippen molar-refractivity contribution in [1.29, 1.82) is 0 Å². The Morgan fingerprint density at radius 1 is 0.286 bits per heavy atom. The monoisotopic (exact) mass is 734 g/mol. The van der Waals surface area contributed by atoms with Crippen molar-refractivity contribution in [2.45, 2.75) is 0 Å². The summed E-state index contributed by atoms with van der Waals surface area (Å²) in [7, 11) is 0. The molecule has 11 heteroatoms. The van der Waals surface area contributed by atoms with E-state index in [0.29, 0.717) is 5.82 Å². The van der Waals surface area contributed by atoms with E-state index in [1.807, 2.05) is 6.07 Å². The van der Waals surface area contributed by atoms with Crippen molar-refractivity contribution < 1.29 is 0 Å². The first-order valence-electron chi connectivity index (χ1n) is 14.9. The molecule has 10 rings (SSSR count). The Hall–Kier alpha value is -4.69. The van der Waals surface area contributed by atoms with Crippen LogP contribution in [0.25, 0.3) is 77.4 Å². The summed E-state index contributed by atoms with van der Waals surface area (Å²) in [4.78, 5) is 22.7. The van der Waals surface area contributed by atoms with Gasteiger partial charge in [0.2, 0.25) is 26.4 Å². The Morgan fingerprint density at radius 2 is 0.633 bits per heavy atom. The lowest BCUT2D eigenvalue weighted by molar-refractivity contribution is 1.05. The zero-order valence-corrected chi connectivity index (χ0v) is 28.8. The van der Waals surface area contributed by atoms with Crippen LogP contribution in [0.3, 0.4) is 0 Å². The Kier molecular flexibility index (Phi) is 8.36. The second-order valence-electron chi connectivity index (χ2n) is 11.0. The number of aromatic nitrogens is 6. The quantitative estimate of drug-likeness (QED) is 0.167. The molecule has 236 valence electrons. The molecule has 6 nitrogen and oxygen atoms in total. The largest absolute Gasteiger partial charge is 0.227 e. The Labute approximate surface area is 305 Å². The third-order valence-electron chi connectivity index (χ3n) is 8.34. The molecule has 2 aliphatic carbocycles. The number of fused-ring (bicyclic) bond motifs is 6. The number of benzene rings is 6. The predicted molar refractivity (Wildman–Crippen MR) is 200 cm³/mol. The molecule has 0 spiro atoms. The van der Waals surface area contributed by atoms with E-state index in [-0.39, 0.29) is 26.4 Å². The highest BCUT2D eigenvalue weighted by Crippen LogP contribution is 2.49. The molecule has 0 radical (unpaired) electrons. The van der Waals surface area contributed by atoms with E-state index in [4.69, 9.17) is 58.0 Å². The fourth-order valence-corrected chi connectivity index (χ4v) is 7.47. The SMILES string of the molecule is Clc1nc(Cl)nc(-c2ccc3c4c(cccc24)-c2ccccc2-3)n1.Clc1nc(Cl)nc(Cl)n1.c1ccc2c(c1)-c1cccc3cccc-2c13. The molecular weight excluding hydrogens is 718 g/mol. The van der Waals surface area contributed by atoms with Gasteiger partial charge >= 0.3 is 0 Å². The second kappa shape index (κ2) is 13.0. The van der Waals surface area contributed by atoms with Gasteiger partial charge in [-0.2, -0.15) is 29.9 Å². The van der Waals surface area contributed by atoms with Gasteiger partial charge in [0.15, 0.2) is 5.82 Å². The van der Waals surface area contributed by atoms with Crippen molar-refractivity contribution in [3.63, 3.8) is 0 Å². The van der Waals surface area contributed by atoms with Crippen LogP contribution in [0.15, 0.2) is 115 Å². The van der Waals surface area contributed by atoms with Crippen molar-refractivity contribution in [2.24, 2.45) is 0 Å². The predicted octanol–water partition coefficient (Wildman–Crippen LogP) is 12.0. The molecule has 49 heavy (non-hydrogen) atoms. The molecule has 2 aliphatic rings. The van der Waals surface area contributed by atoms with Gasteiger partial charge in [0, 0.05) is 5.56 Å². The molecule has 0 aliphatic heterocycles. The first-order valence-corrected chi connectivity index (χ1v) is 16.8. The summed E-state index contributed by atoms with van der Waals surface area (Å²) in [5, 5.41) is 5.23. The average Bonchev–Trinajstić information content (AvgIpc) is 3.60. The number of hydrogen-bond donors (Lipinski definition) is 0. The molecule has 8 aromatic rings. The minimum Gasteiger partial charge on any atom is -0.198 e. The van der Waals surface area contributed by atoms with Crippen molar-refractivity contribution in [3.8, 4) is 55.9 Å². The van der Waals surface area contributed by atoms with Gasteiger partial charge in [-0.1, -0.05) is 109 Å². The lowest BCUT2D eigenvalue weighted by Gasteiger charge is -2.08. The Bertz CT molecular complexity index is 2440. The van der Waals surface area contributed by atoms with Gasteiger partial charge in [-0.25, -0.2) is 0 Å². The summed E-state index contributed by atoms with van der Waals surface area (Å²) in [6.07, 6.45) is 0. The number of nitrogens with zero attached hydrogens (tertiary/aromatic N) is 6. The van der Waals surface area contributed by atoms with Crippen LogP contribution >= 0.6 is 58.0 Å². The minimum atomic E-state index is 0.000000000000000444. The van der Waals surface area contributed by atoms with E-state index in [0.717, 1.165) is 10.9 Å². The molecule has 0 atom stereocenters. The first-order chi connectivity index (χ1) is 23.9. The molecule has 0 amide bonds. The maximum Gasteiger partial charge on any atom is 0.227 e. The first kappa shape index (κ1) is 31.6. The maximum absolute atomic E-state index is 5.95. The Morgan fingerprint density at radius 3 is 1.10 bits per heavy atom. The van der Waals surface area contributed by atoms with Gasteiger partial charge in [-0.15, -0.1) is 0 Å². The zero-order valence-electron chi connectivity index (χ0n) is 25.0. The lowest BCUT2D eigenvalue weighted by Crippen LogP contribution is -1.94. The molecule has 2 heterocycles. The molecule has 0 saturated heterocycles. The average molecular weight is 737 g/mol. The van der Waals surface area contributed by atoms with Crippen LogP contribution in [0.1, 0.15) is 0 Å². The molecule has 0 fully saturated rings. The van der Waals surface area contributed by atoms with Crippen LogP contribution in [0, 0.1) is 0 Å². The van der Waals surface area contributed by atoms with E-state index in [9.17, 15) is 0 Å². The molecular formula is C38H19Cl5N6. The molecule has 0 bridgehead atoms. The second-order valence-corrected chi connectivity index (χ2v) is 12.7. The smallest absolute Gasteiger partial charge is 0.198 e. The highest BCUT2D eigenvalue weighted by Gasteiger charge is 2.23. The number of rotatable bonds is 1. The van der Waals surface area contributed by atoms with Gasteiger partial charge in [-0.3, -0.25) is 0 Å². The fourth-order valence-electron chi connectivity index (χ4n) is 6.50. The third kappa shape index (κ3) is 5.86. The summed E-state index contributed by atoms with van der Waals surface area (Å²) in [6, 6.07) is 40.6. The summed E-state index contributed by atoms with van der Waals surface area (Å²) in [6.45, 7) is 0. The topological polar surface area (TPSA) is 77.3 Å². The summed E-state index contributed by atoms with van der Waals surface area (Å²) < 4.78 is 0. The van der Waals surface area contributed by atoms with Crippen LogP contribution in [0.5, 0.6) is 0 Å². The number of halogens is 5. The van der Waals surface area contributed by atoms with Crippen LogP contribution in [0.2, 0.25) is 26.4 Å². The highest BCUT2D eigenvalue weighted by atomic mass is 35.5. The molecule has 6 aromatic carbocycles. The van der Waals surface area contributed by atoms with E-state index in [2.05, 4.69) is 139 Å². The van der Waals surface area contributed by atoms with Crippen molar-refractivity contribution in [1.82, 2.24) is 29.9 Å². The van der Waals surface area contributed by atoms with Gasteiger partial charge in [0.1, 0.15) is 0 Å². The molecule has 0 N–H and O–H groups in total. The van der Waals surface area contributed by atoms with Gasteiger partial charge in [0.05, 0.1) is 0 Å². The van der Waals surface area contributed by atoms with Crippen molar-refractivity contribution in [2.75, 3.05) is 0 Å². The zero-order chi connectivity index (χ0) is 33.6. The van der Waals surface area contributed by atoms with E-state index >= 15 is 0 Å².